The molecule has 0 N–H and O–H groups in total. The van der Waals surface area contributed by atoms with Gasteiger partial charge in [0.25, 0.3) is 0 Å². The van der Waals surface area contributed by atoms with E-state index in [1.807, 2.05) is 11.4 Å². The first-order valence-corrected chi connectivity index (χ1v) is 5.67. The number of hydrogen-bond acceptors (Lipinski definition) is 4. The van der Waals surface area contributed by atoms with Crippen LogP contribution in [0.5, 0.6) is 5.75 Å². The van der Waals surface area contributed by atoms with Crippen molar-refractivity contribution in [3.05, 3.63) is 28.2 Å². The number of allylic oxidation sites excluding steroid dienone is 1. The van der Waals surface area contributed by atoms with Crippen molar-refractivity contribution in [3.63, 3.8) is 0 Å². The Hall–Kier alpha value is -1.29. The van der Waals surface area contributed by atoms with Gasteiger partial charge in [-0.15, -0.1) is 11.3 Å². The first kappa shape index (κ1) is 10.2. The summed E-state index contributed by atoms with van der Waals surface area (Å²) in [7, 11) is 1.57. The molecule has 0 atom stereocenters. The van der Waals surface area contributed by atoms with Gasteiger partial charge in [0.15, 0.2) is 0 Å². The van der Waals surface area contributed by atoms with Gasteiger partial charge in [-0.1, -0.05) is 0 Å². The van der Waals surface area contributed by atoms with E-state index in [0.29, 0.717) is 17.2 Å². The van der Waals surface area contributed by atoms with Crippen LogP contribution in [0.2, 0.25) is 0 Å². The van der Waals surface area contributed by atoms with Crippen LogP contribution in [-0.4, -0.2) is 19.5 Å². The molecule has 0 unspecified atom stereocenters. The van der Waals surface area contributed by atoms with E-state index in [4.69, 9.17) is 9.47 Å². The Kier molecular flexibility index (Phi) is 3.06. The minimum Gasteiger partial charge on any atom is -0.501 e. The highest BCUT2D eigenvalue weighted by molar-refractivity contribution is 7.12. The Morgan fingerprint density at radius 3 is 3.13 bits per heavy atom. The lowest BCUT2D eigenvalue weighted by Gasteiger charge is -2.12. The van der Waals surface area contributed by atoms with E-state index in [2.05, 4.69) is 0 Å². The minimum absolute atomic E-state index is 0.0292. The van der Waals surface area contributed by atoms with Gasteiger partial charge in [-0.25, -0.2) is 0 Å². The maximum absolute atomic E-state index is 12.0. The van der Waals surface area contributed by atoms with Crippen LogP contribution in [-0.2, 0) is 4.74 Å². The zero-order valence-corrected chi connectivity index (χ0v) is 9.30. The maximum Gasteiger partial charge on any atom is 0.205 e. The molecule has 0 radical (unpaired) electrons. The van der Waals surface area contributed by atoms with Crippen molar-refractivity contribution in [1.29, 1.82) is 0 Å². The summed E-state index contributed by atoms with van der Waals surface area (Å²) in [5.74, 6) is 0.679. The molecule has 0 saturated heterocycles. The van der Waals surface area contributed by atoms with E-state index >= 15 is 0 Å². The fourth-order valence-corrected chi connectivity index (χ4v) is 2.33. The number of carbonyl (C=O) groups excluding carboxylic acids is 1. The number of rotatable bonds is 3. The van der Waals surface area contributed by atoms with E-state index in [1.165, 1.54) is 11.3 Å². The first-order chi connectivity index (χ1) is 7.33. The Labute approximate surface area is 92.3 Å². The molecule has 4 heteroatoms. The lowest BCUT2D eigenvalue weighted by Crippen LogP contribution is -2.08. The topological polar surface area (TPSA) is 35.5 Å². The van der Waals surface area contributed by atoms with Gasteiger partial charge < -0.3 is 9.47 Å². The van der Waals surface area contributed by atoms with Gasteiger partial charge in [0.05, 0.1) is 20.0 Å². The summed E-state index contributed by atoms with van der Waals surface area (Å²) in [6.45, 7) is 0.707. The molecule has 1 aliphatic rings. The molecule has 0 aromatic carbocycles. The summed E-state index contributed by atoms with van der Waals surface area (Å²) < 4.78 is 10.3. The van der Waals surface area contributed by atoms with E-state index < -0.39 is 0 Å². The third-order valence-corrected chi connectivity index (χ3v) is 3.18. The summed E-state index contributed by atoms with van der Waals surface area (Å²) in [6.07, 6.45) is 3.27. The zero-order valence-electron chi connectivity index (χ0n) is 8.49. The molecule has 0 amide bonds. The monoisotopic (exact) mass is 224 g/mol. The summed E-state index contributed by atoms with van der Waals surface area (Å²) >= 11 is 1.40. The molecule has 15 heavy (non-hydrogen) atoms. The zero-order chi connectivity index (χ0) is 10.7. The van der Waals surface area contributed by atoms with Crippen molar-refractivity contribution in [3.8, 4) is 5.75 Å². The molecule has 1 aromatic heterocycles. The highest BCUT2D eigenvalue weighted by Crippen LogP contribution is 2.29. The van der Waals surface area contributed by atoms with Gasteiger partial charge in [-0.2, -0.15) is 0 Å². The van der Waals surface area contributed by atoms with Crippen molar-refractivity contribution in [2.24, 2.45) is 0 Å². The van der Waals surface area contributed by atoms with Crippen LogP contribution >= 0.6 is 11.3 Å². The molecule has 2 heterocycles. The second-order valence-electron chi connectivity index (χ2n) is 3.26. The predicted molar refractivity (Wildman–Crippen MR) is 58.5 cm³/mol. The SMILES string of the molecule is COc1ccsc1C(=O)C1=COCCC1. The summed E-state index contributed by atoms with van der Waals surface area (Å²) in [5, 5.41) is 1.86. The second-order valence-corrected chi connectivity index (χ2v) is 4.18. The van der Waals surface area contributed by atoms with Crippen molar-refractivity contribution in [2.45, 2.75) is 12.8 Å². The van der Waals surface area contributed by atoms with Crippen LogP contribution in [0.25, 0.3) is 0 Å². The van der Waals surface area contributed by atoms with Gasteiger partial charge in [0.2, 0.25) is 5.78 Å². The maximum atomic E-state index is 12.0. The van der Waals surface area contributed by atoms with Gasteiger partial charge >= 0.3 is 0 Å². The molecular weight excluding hydrogens is 212 g/mol. The van der Waals surface area contributed by atoms with Crippen molar-refractivity contribution in [2.75, 3.05) is 13.7 Å². The lowest BCUT2D eigenvalue weighted by molar-refractivity contribution is 0.101. The Morgan fingerprint density at radius 2 is 2.47 bits per heavy atom. The Bertz CT molecular complexity index is 392. The first-order valence-electron chi connectivity index (χ1n) is 4.79. The van der Waals surface area contributed by atoms with Crippen LogP contribution in [0.15, 0.2) is 23.3 Å². The number of ether oxygens (including phenoxy) is 2. The van der Waals surface area contributed by atoms with E-state index in [9.17, 15) is 4.79 Å². The molecule has 80 valence electrons. The highest BCUT2D eigenvalue weighted by Gasteiger charge is 2.20. The summed E-state index contributed by atoms with van der Waals surface area (Å²) in [5.41, 5.74) is 0.738. The Morgan fingerprint density at radius 1 is 1.60 bits per heavy atom. The molecular formula is C11H12O3S. The third-order valence-electron chi connectivity index (χ3n) is 2.28. The van der Waals surface area contributed by atoms with Crippen LogP contribution in [0.1, 0.15) is 22.5 Å². The molecule has 0 bridgehead atoms. The molecule has 3 nitrogen and oxygen atoms in total. The van der Waals surface area contributed by atoms with Gasteiger partial charge in [0, 0.05) is 5.57 Å². The quantitative estimate of drug-likeness (QED) is 0.740. The molecule has 1 aromatic rings. The number of methoxy groups -OCH3 is 1. The van der Waals surface area contributed by atoms with E-state index in [1.54, 1.807) is 13.4 Å². The average Bonchev–Trinajstić information content (AvgIpc) is 2.77. The van der Waals surface area contributed by atoms with Gasteiger partial charge in [0.1, 0.15) is 10.6 Å². The fraction of sp³-hybridized carbons (Fsp3) is 0.364. The lowest BCUT2D eigenvalue weighted by atomic mass is 10.0. The molecule has 0 spiro atoms. The molecule has 0 aliphatic carbocycles. The number of hydrogen-bond donors (Lipinski definition) is 0. The van der Waals surface area contributed by atoms with Crippen LogP contribution in [0.3, 0.4) is 0 Å². The summed E-state index contributed by atoms with van der Waals surface area (Å²) in [6, 6.07) is 1.81. The summed E-state index contributed by atoms with van der Waals surface area (Å²) in [4.78, 5) is 12.7. The molecule has 1 aliphatic heterocycles. The number of carbonyl (C=O) groups is 1. The largest absolute Gasteiger partial charge is 0.501 e. The molecule has 0 fully saturated rings. The van der Waals surface area contributed by atoms with Crippen LogP contribution in [0.4, 0.5) is 0 Å². The van der Waals surface area contributed by atoms with E-state index in [-0.39, 0.29) is 5.78 Å². The smallest absolute Gasteiger partial charge is 0.205 e. The van der Waals surface area contributed by atoms with Crippen LogP contribution in [0, 0.1) is 0 Å². The van der Waals surface area contributed by atoms with Crippen molar-refractivity contribution < 1.29 is 14.3 Å². The average molecular weight is 224 g/mol. The van der Waals surface area contributed by atoms with E-state index in [0.717, 1.165) is 18.4 Å². The minimum atomic E-state index is 0.0292. The molecule has 0 saturated carbocycles. The predicted octanol–water partition coefficient (Wildman–Crippen LogP) is 2.63. The second kappa shape index (κ2) is 4.49. The number of Topliss-reactive ketones (excluding diaryl/α,β-unsaturated/α-hetero) is 1. The third kappa shape index (κ3) is 2.04. The van der Waals surface area contributed by atoms with Crippen LogP contribution < -0.4 is 4.74 Å². The van der Waals surface area contributed by atoms with Crippen molar-refractivity contribution >= 4 is 17.1 Å². The van der Waals surface area contributed by atoms with Crippen molar-refractivity contribution in [1.82, 2.24) is 0 Å². The van der Waals surface area contributed by atoms with Gasteiger partial charge in [-0.3, -0.25) is 4.79 Å². The normalized spacial score (nSPS) is 15.4. The Balaban J connectivity index is 2.23. The number of ketones is 1. The fourth-order valence-electron chi connectivity index (χ4n) is 1.50. The highest BCUT2D eigenvalue weighted by atomic mass is 32.1. The number of thiophene rings is 1. The molecule has 2 rings (SSSR count). The van der Waals surface area contributed by atoms with Gasteiger partial charge in [-0.05, 0) is 24.3 Å². The standard InChI is InChI=1S/C11H12O3S/c1-13-9-4-6-15-11(9)10(12)8-3-2-5-14-7-8/h4,6-7H,2-3,5H2,1H3.